The molecule has 18 heavy (non-hydrogen) atoms. The SMILES string of the molecule is CCNC(C)(CN1CCCC2CCCC21)C(N)=O. The van der Waals surface area contributed by atoms with E-state index in [0.717, 1.165) is 25.6 Å². The van der Waals surface area contributed by atoms with Gasteiger partial charge in [0.15, 0.2) is 0 Å². The van der Waals surface area contributed by atoms with Crippen LogP contribution in [0.3, 0.4) is 0 Å². The molecule has 0 aromatic carbocycles. The molecule has 3 N–H and O–H groups in total. The molecule has 0 aromatic heterocycles. The smallest absolute Gasteiger partial charge is 0.238 e. The minimum Gasteiger partial charge on any atom is -0.368 e. The van der Waals surface area contributed by atoms with Gasteiger partial charge in [-0.2, -0.15) is 0 Å². The Morgan fingerprint density at radius 3 is 2.78 bits per heavy atom. The summed E-state index contributed by atoms with van der Waals surface area (Å²) in [6, 6.07) is 0.691. The zero-order chi connectivity index (χ0) is 13.2. The Morgan fingerprint density at radius 1 is 1.39 bits per heavy atom. The first-order valence-electron chi connectivity index (χ1n) is 7.36. The number of hydrogen-bond donors (Lipinski definition) is 2. The molecule has 4 heteroatoms. The predicted octanol–water partition coefficient (Wildman–Crippen LogP) is 1.10. The number of likely N-dealkylation sites (tertiary alicyclic amines) is 1. The summed E-state index contributed by atoms with van der Waals surface area (Å²) in [5.41, 5.74) is 5.00. The van der Waals surface area contributed by atoms with E-state index >= 15 is 0 Å². The molecule has 0 spiro atoms. The minimum atomic E-state index is -0.584. The summed E-state index contributed by atoms with van der Waals surface area (Å²) in [7, 11) is 0. The highest BCUT2D eigenvalue weighted by Gasteiger charge is 2.40. The number of likely N-dealkylation sites (N-methyl/N-ethyl adjacent to an activating group) is 1. The highest BCUT2D eigenvalue weighted by molar-refractivity contribution is 5.84. The molecule has 0 bridgehead atoms. The maximum atomic E-state index is 11.7. The Hall–Kier alpha value is -0.610. The van der Waals surface area contributed by atoms with E-state index in [1.54, 1.807) is 0 Å². The van der Waals surface area contributed by atoms with Gasteiger partial charge in [-0.3, -0.25) is 9.69 Å². The third kappa shape index (κ3) is 2.69. The zero-order valence-electron chi connectivity index (χ0n) is 11.7. The van der Waals surface area contributed by atoms with Gasteiger partial charge in [0.1, 0.15) is 5.54 Å². The molecule has 2 fully saturated rings. The van der Waals surface area contributed by atoms with Crippen molar-refractivity contribution in [1.82, 2.24) is 10.2 Å². The van der Waals surface area contributed by atoms with E-state index < -0.39 is 5.54 Å². The fraction of sp³-hybridized carbons (Fsp3) is 0.929. The number of carbonyl (C=O) groups excluding carboxylic acids is 1. The molecule has 1 heterocycles. The quantitative estimate of drug-likeness (QED) is 0.771. The summed E-state index contributed by atoms with van der Waals surface area (Å²) in [5.74, 6) is 0.627. The van der Waals surface area contributed by atoms with Gasteiger partial charge in [-0.05, 0) is 51.6 Å². The van der Waals surface area contributed by atoms with Crippen molar-refractivity contribution in [2.24, 2.45) is 11.7 Å². The van der Waals surface area contributed by atoms with Crippen LogP contribution in [0.1, 0.15) is 46.0 Å². The van der Waals surface area contributed by atoms with Gasteiger partial charge < -0.3 is 11.1 Å². The number of amides is 1. The van der Waals surface area contributed by atoms with Gasteiger partial charge in [-0.1, -0.05) is 13.3 Å². The maximum Gasteiger partial charge on any atom is 0.238 e. The number of carbonyl (C=O) groups is 1. The van der Waals surface area contributed by atoms with Crippen LogP contribution in [0.4, 0.5) is 0 Å². The summed E-state index contributed by atoms with van der Waals surface area (Å²) < 4.78 is 0. The lowest BCUT2D eigenvalue weighted by Gasteiger charge is -2.42. The first-order chi connectivity index (χ1) is 8.57. The van der Waals surface area contributed by atoms with Crippen molar-refractivity contribution in [2.45, 2.75) is 57.5 Å². The maximum absolute atomic E-state index is 11.7. The van der Waals surface area contributed by atoms with E-state index in [-0.39, 0.29) is 5.91 Å². The fourth-order valence-corrected chi connectivity index (χ4v) is 3.77. The van der Waals surface area contributed by atoms with E-state index in [4.69, 9.17) is 5.73 Å². The largest absolute Gasteiger partial charge is 0.368 e. The monoisotopic (exact) mass is 253 g/mol. The van der Waals surface area contributed by atoms with Crippen molar-refractivity contribution in [3.63, 3.8) is 0 Å². The highest BCUT2D eigenvalue weighted by Crippen LogP contribution is 2.37. The molecule has 1 aliphatic carbocycles. The number of hydrogen-bond acceptors (Lipinski definition) is 3. The molecule has 3 atom stereocenters. The number of primary amides is 1. The second-order valence-electron chi connectivity index (χ2n) is 6.10. The molecule has 1 saturated carbocycles. The average Bonchev–Trinajstić information content (AvgIpc) is 2.78. The number of nitrogens with two attached hydrogens (primary N) is 1. The summed E-state index contributed by atoms with van der Waals surface area (Å²) in [4.78, 5) is 14.2. The average molecular weight is 253 g/mol. The van der Waals surface area contributed by atoms with E-state index in [2.05, 4.69) is 10.2 Å². The molecule has 1 amide bonds. The lowest BCUT2D eigenvalue weighted by molar-refractivity contribution is -0.125. The number of fused-ring (bicyclic) bond motifs is 1. The molecule has 4 nitrogen and oxygen atoms in total. The van der Waals surface area contributed by atoms with Gasteiger partial charge in [0.2, 0.25) is 5.91 Å². The lowest BCUT2D eigenvalue weighted by atomic mass is 9.89. The molecule has 0 aromatic rings. The van der Waals surface area contributed by atoms with Crippen LogP contribution in [0.15, 0.2) is 0 Å². The molecule has 3 unspecified atom stereocenters. The second kappa shape index (κ2) is 5.57. The summed E-state index contributed by atoms with van der Waals surface area (Å²) in [6.07, 6.45) is 6.65. The number of rotatable bonds is 5. The van der Waals surface area contributed by atoms with Crippen LogP contribution in [0.5, 0.6) is 0 Å². The topological polar surface area (TPSA) is 58.4 Å². The van der Waals surface area contributed by atoms with Gasteiger partial charge in [0.05, 0.1) is 0 Å². The van der Waals surface area contributed by atoms with Gasteiger partial charge in [-0.25, -0.2) is 0 Å². The Kier molecular flexibility index (Phi) is 4.28. The normalized spacial score (nSPS) is 31.9. The van der Waals surface area contributed by atoms with E-state index in [1.165, 1.54) is 32.1 Å². The minimum absolute atomic E-state index is 0.232. The van der Waals surface area contributed by atoms with Crippen molar-refractivity contribution < 1.29 is 4.79 Å². The Balaban J connectivity index is 2.04. The van der Waals surface area contributed by atoms with Gasteiger partial charge >= 0.3 is 0 Å². The number of nitrogens with zero attached hydrogens (tertiary/aromatic N) is 1. The van der Waals surface area contributed by atoms with Crippen LogP contribution in [0.2, 0.25) is 0 Å². The standard InChI is InChI=1S/C14H27N3O/c1-3-16-14(2,13(15)18)10-17-9-5-7-11-6-4-8-12(11)17/h11-12,16H,3-10H2,1-2H3,(H2,15,18). The van der Waals surface area contributed by atoms with Crippen LogP contribution < -0.4 is 11.1 Å². The molecular formula is C14H27N3O. The first-order valence-corrected chi connectivity index (χ1v) is 7.36. The van der Waals surface area contributed by atoms with Crippen LogP contribution in [0, 0.1) is 5.92 Å². The third-order valence-electron chi connectivity index (χ3n) is 4.74. The van der Waals surface area contributed by atoms with Crippen LogP contribution >= 0.6 is 0 Å². The summed E-state index contributed by atoms with van der Waals surface area (Å²) in [6.45, 7) is 6.63. The van der Waals surface area contributed by atoms with Crippen molar-refractivity contribution in [1.29, 1.82) is 0 Å². The zero-order valence-corrected chi connectivity index (χ0v) is 11.7. The summed E-state index contributed by atoms with van der Waals surface area (Å²) in [5, 5.41) is 3.27. The van der Waals surface area contributed by atoms with Crippen molar-refractivity contribution >= 4 is 5.91 Å². The molecule has 2 rings (SSSR count). The van der Waals surface area contributed by atoms with E-state index in [0.29, 0.717) is 6.04 Å². The Labute approximate surface area is 110 Å². The molecule has 1 saturated heterocycles. The van der Waals surface area contributed by atoms with Crippen LogP contribution in [0.25, 0.3) is 0 Å². The summed E-state index contributed by atoms with van der Waals surface area (Å²) >= 11 is 0. The van der Waals surface area contributed by atoms with Crippen molar-refractivity contribution in [3.05, 3.63) is 0 Å². The number of piperidine rings is 1. The van der Waals surface area contributed by atoms with Gasteiger partial charge in [-0.15, -0.1) is 0 Å². The Bertz CT molecular complexity index is 307. The lowest BCUT2D eigenvalue weighted by Crippen LogP contribution is -2.61. The fourth-order valence-electron chi connectivity index (χ4n) is 3.77. The van der Waals surface area contributed by atoms with Gasteiger partial charge in [0.25, 0.3) is 0 Å². The van der Waals surface area contributed by atoms with E-state index in [1.807, 2.05) is 13.8 Å². The molecule has 0 radical (unpaired) electrons. The predicted molar refractivity (Wildman–Crippen MR) is 73.2 cm³/mol. The molecular weight excluding hydrogens is 226 g/mol. The molecule has 1 aliphatic heterocycles. The van der Waals surface area contributed by atoms with Crippen molar-refractivity contribution in [3.8, 4) is 0 Å². The van der Waals surface area contributed by atoms with Crippen molar-refractivity contribution in [2.75, 3.05) is 19.6 Å². The molecule has 104 valence electrons. The highest BCUT2D eigenvalue weighted by atomic mass is 16.1. The first kappa shape index (κ1) is 13.8. The Morgan fingerprint density at radius 2 is 2.11 bits per heavy atom. The van der Waals surface area contributed by atoms with Crippen LogP contribution in [-0.4, -0.2) is 42.0 Å². The van der Waals surface area contributed by atoms with Gasteiger partial charge in [0, 0.05) is 12.6 Å². The van der Waals surface area contributed by atoms with Crippen LogP contribution in [-0.2, 0) is 4.79 Å². The van der Waals surface area contributed by atoms with E-state index in [9.17, 15) is 4.79 Å². The number of nitrogens with one attached hydrogen (secondary N) is 1. The second-order valence-corrected chi connectivity index (χ2v) is 6.10. The molecule has 2 aliphatic rings. The third-order valence-corrected chi connectivity index (χ3v) is 4.74.